The summed E-state index contributed by atoms with van der Waals surface area (Å²) in [6, 6.07) is 30.3. The Morgan fingerprint density at radius 2 is 1.40 bits per heavy atom. The van der Waals surface area contributed by atoms with Gasteiger partial charge in [-0.05, 0) is 39.9 Å². The average Bonchev–Trinajstić information content (AvgIpc) is 3.55. The number of amides is 2. The van der Waals surface area contributed by atoms with Crippen molar-refractivity contribution in [3.8, 4) is 11.1 Å². The molecule has 2 aliphatic rings. The van der Waals surface area contributed by atoms with Crippen LogP contribution in [0.15, 0.2) is 103 Å². The largest absolute Gasteiger partial charge is 0.392 e. The number of imide groups is 1. The van der Waals surface area contributed by atoms with Crippen molar-refractivity contribution >= 4 is 35.0 Å². The average molecular weight is 669 g/mol. The first-order valence-corrected chi connectivity index (χ1v) is 16.1. The molecule has 1 saturated heterocycles. The van der Waals surface area contributed by atoms with Gasteiger partial charge >= 0.3 is 0 Å². The Morgan fingerprint density at radius 1 is 0.787 bits per heavy atom. The van der Waals surface area contributed by atoms with E-state index in [2.05, 4.69) is 11.9 Å². The van der Waals surface area contributed by atoms with Crippen LogP contribution in [0.25, 0.3) is 11.1 Å². The topological polar surface area (TPSA) is 93.9 Å². The molecule has 1 aromatic heterocycles. The number of halogens is 2. The molecule has 5 aromatic rings. The van der Waals surface area contributed by atoms with Crippen LogP contribution in [0, 0.1) is 5.92 Å². The highest BCUT2D eigenvalue weighted by Crippen LogP contribution is 2.43. The molecule has 238 valence electrons. The van der Waals surface area contributed by atoms with E-state index in [4.69, 9.17) is 32.7 Å². The molecule has 0 aliphatic carbocycles. The molecule has 2 aliphatic heterocycles. The van der Waals surface area contributed by atoms with Gasteiger partial charge in [0, 0.05) is 11.5 Å². The van der Waals surface area contributed by atoms with E-state index in [1.807, 2.05) is 72.8 Å². The quantitative estimate of drug-likeness (QED) is 0.171. The van der Waals surface area contributed by atoms with Gasteiger partial charge in [-0.15, -0.1) is 0 Å². The van der Waals surface area contributed by atoms with Crippen molar-refractivity contribution < 1.29 is 24.2 Å². The number of fused-ring (bicyclic) bond motifs is 1. The summed E-state index contributed by atoms with van der Waals surface area (Å²) < 4.78 is 14.9. The molecule has 1 N–H and O–H groups in total. The number of carbonyl (C=O) groups is 2. The summed E-state index contributed by atoms with van der Waals surface area (Å²) >= 11 is 12.5. The number of aliphatic hydroxyl groups is 1. The summed E-state index contributed by atoms with van der Waals surface area (Å²) in [6.07, 6.45) is 0.326. The van der Waals surface area contributed by atoms with Crippen molar-refractivity contribution in [1.82, 2.24) is 14.5 Å². The zero-order valence-electron chi connectivity index (χ0n) is 25.4. The van der Waals surface area contributed by atoms with Crippen LogP contribution < -0.4 is 0 Å². The van der Waals surface area contributed by atoms with Gasteiger partial charge < -0.3 is 19.1 Å². The standard InChI is InChI=1S/C37H31Cl2N3O5/c1-22-31(19-41-21-40-33(38)34(41)39)46-37(47-32(22)25-12-10-23(20-43)11-13-25)26-16-14-24(15-17-26)28-7-3-2-6-27(28)18-42-35(44)29-8-4-5-9-30(29)36(42)45/h2-17,21-22,31-32,37,43H,18-20H2,1H3/t22-,31+,32+,37+/m1/s1. The number of hydrogen-bond acceptors (Lipinski definition) is 6. The zero-order chi connectivity index (χ0) is 32.7. The van der Waals surface area contributed by atoms with Gasteiger partial charge in [0.2, 0.25) is 0 Å². The van der Waals surface area contributed by atoms with Crippen LogP contribution in [0.3, 0.4) is 0 Å². The molecule has 4 aromatic carbocycles. The maximum absolute atomic E-state index is 13.1. The summed E-state index contributed by atoms with van der Waals surface area (Å²) in [4.78, 5) is 31.6. The Morgan fingerprint density at radius 3 is 2.02 bits per heavy atom. The van der Waals surface area contributed by atoms with E-state index in [0.717, 1.165) is 33.4 Å². The van der Waals surface area contributed by atoms with Crippen molar-refractivity contribution in [2.24, 2.45) is 5.92 Å². The molecule has 10 heteroatoms. The first-order valence-electron chi connectivity index (χ1n) is 15.3. The number of imidazole rings is 1. The second-order valence-electron chi connectivity index (χ2n) is 11.8. The molecule has 4 atom stereocenters. The summed E-state index contributed by atoms with van der Waals surface area (Å²) in [6.45, 7) is 2.63. The third-order valence-corrected chi connectivity index (χ3v) is 9.72. The normalized spacial score (nSPS) is 20.9. The van der Waals surface area contributed by atoms with Gasteiger partial charge in [0.15, 0.2) is 11.4 Å². The third kappa shape index (κ3) is 5.99. The lowest BCUT2D eigenvalue weighted by Gasteiger charge is -2.41. The van der Waals surface area contributed by atoms with Crippen LogP contribution in [0.1, 0.15) is 62.3 Å². The Hall–Kier alpha value is -4.31. The molecule has 0 unspecified atom stereocenters. The van der Waals surface area contributed by atoms with E-state index < -0.39 is 6.29 Å². The molecular weight excluding hydrogens is 637 g/mol. The Kier molecular flexibility index (Phi) is 8.70. The van der Waals surface area contributed by atoms with Crippen molar-refractivity contribution in [3.63, 3.8) is 0 Å². The van der Waals surface area contributed by atoms with Gasteiger partial charge in [-0.3, -0.25) is 14.5 Å². The fourth-order valence-electron chi connectivity index (χ4n) is 6.30. The summed E-state index contributed by atoms with van der Waals surface area (Å²) in [5.41, 5.74) is 6.19. The second kappa shape index (κ2) is 13.1. The summed E-state index contributed by atoms with van der Waals surface area (Å²) in [5, 5.41) is 10.1. The number of hydrogen-bond donors (Lipinski definition) is 1. The minimum Gasteiger partial charge on any atom is -0.392 e. The van der Waals surface area contributed by atoms with Crippen LogP contribution in [0.5, 0.6) is 0 Å². The van der Waals surface area contributed by atoms with Crippen LogP contribution in [0.4, 0.5) is 0 Å². The Labute approximate surface area is 282 Å². The van der Waals surface area contributed by atoms with Crippen LogP contribution in [0.2, 0.25) is 10.3 Å². The minimum atomic E-state index is -0.681. The van der Waals surface area contributed by atoms with Crippen LogP contribution in [-0.4, -0.2) is 37.5 Å². The lowest BCUT2D eigenvalue weighted by atomic mass is 9.90. The third-order valence-electron chi connectivity index (χ3n) is 8.95. The van der Waals surface area contributed by atoms with Gasteiger partial charge in [0.25, 0.3) is 11.8 Å². The number of carbonyl (C=O) groups excluding carboxylic acids is 2. The highest BCUT2D eigenvalue weighted by Gasteiger charge is 2.39. The smallest absolute Gasteiger partial charge is 0.261 e. The van der Waals surface area contributed by atoms with Gasteiger partial charge in [-0.25, -0.2) is 4.98 Å². The molecule has 3 heterocycles. The van der Waals surface area contributed by atoms with E-state index in [-0.39, 0.29) is 48.2 Å². The molecule has 7 rings (SSSR count). The van der Waals surface area contributed by atoms with Gasteiger partial charge in [-0.2, -0.15) is 0 Å². The second-order valence-corrected chi connectivity index (χ2v) is 12.5. The number of aliphatic hydroxyl groups excluding tert-OH is 1. The lowest BCUT2D eigenvalue weighted by molar-refractivity contribution is -0.276. The van der Waals surface area contributed by atoms with Gasteiger partial charge in [0.1, 0.15) is 5.15 Å². The molecule has 1 fully saturated rings. The molecule has 0 radical (unpaired) electrons. The van der Waals surface area contributed by atoms with E-state index in [0.29, 0.717) is 22.8 Å². The Bertz CT molecular complexity index is 1910. The number of rotatable bonds is 8. The highest BCUT2D eigenvalue weighted by atomic mass is 35.5. The maximum Gasteiger partial charge on any atom is 0.261 e. The first-order chi connectivity index (χ1) is 22.8. The Balaban J connectivity index is 1.15. The summed E-state index contributed by atoms with van der Waals surface area (Å²) in [7, 11) is 0. The van der Waals surface area contributed by atoms with Gasteiger partial charge in [-0.1, -0.05) is 115 Å². The molecule has 0 spiro atoms. The number of ether oxygens (including phenoxy) is 2. The monoisotopic (exact) mass is 667 g/mol. The van der Waals surface area contributed by atoms with Crippen molar-refractivity contribution in [2.75, 3.05) is 0 Å². The molecule has 0 bridgehead atoms. The van der Waals surface area contributed by atoms with E-state index in [1.54, 1.807) is 35.2 Å². The van der Waals surface area contributed by atoms with Crippen molar-refractivity contribution in [3.05, 3.63) is 147 Å². The number of nitrogens with zero attached hydrogens (tertiary/aromatic N) is 3. The lowest BCUT2D eigenvalue weighted by Crippen LogP contribution is -2.39. The number of benzene rings is 4. The zero-order valence-corrected chi connectivity index (χ0v) is 26.9. The predicted octanol–water partition coefficient (Wildman–Crippen LogP) is 7.64. The molecule has 2 amide bonds. The van der Waals surface area contributed by atoms with Gasteiger partial charge in [0.05, 0.1) is 49.4 Å². The first kappa shape index (κ1) is 31.3. The molecule has 8 nitrogen and oxygen atoms in total. The molecule has 47 heavy (non-hydrogen) atoms. The fourth-order valence-corrected chi connectivity index (χ4v) is 6.62. The highest BCUT2D eigenvalue weighted by molar-refractivity contribution is 6.40. The molecular formula is C37H31Cl2N3O5. The molecule has 0 saturated carbocycles. The fraction of sp³-hybridized carbons (Fsp3) is 0.216. The summed E-state index contributed by atoms with van der Waals surface area (Å²) in [5.74, 6) is -0.631. The maximum atomic E-state index is 13.1. The van der Waals surface area contributed by atoms with E-state index in [9.17, 15) is 14.7 Å². The van der Waals surface area contributed by atoms with Crippen LogP contribution >= 0.6 is 23.2 Å². The van der Waals surface area contributed by atoms with Crippen molar-refractivity contribution in [2.45, 2.75) is 45.1 Å². The minimum absolute atomic E-state index is 0.0383. The van der Waals surface area contributed by atoms with E-state index in [1.165, 1.54) is 4.90 Å². The van der Waals surface area contributed by atoms with Crippen molar-refractivity contribution in [1.29, 1.82) is 0 Å². The number of aromatic nitrogens is 2. The predicted molar refractivity (Wildman–Crippen MR) is 178 cm³/mol. The van der Waals surface area contributed by atoms with Crippen LogP contribution in [-0.2, 0) is 29.2 Å². The van der Waals surface area contributed by atoms with E-state index >= 15 is 0 Å². The SMILES string of the molecule is C[C@@H]1[C@H](Cn2cnc(Cl)c2Cl)O[C@H](c2ccc(-c3ccccc3CN3C(=O)c4ccccc4C3=O)cc2)O[C@@H]1c1ccc(CO)cc1.